The lowest BCUT2D eigenvalue weighted by atomic mass is 9.63. The van der Waals surface area contributed by atoms with Crippen molar-refractivity contribution in [1.82, 2.24) is 0 Å². The van der Waals surface area contributed by atoms with Crippen molar-refractivity contribution < 1.29 is 0 Å². The quantitative estimate of drug-likeness (QED) is 0.156. The van der Waals surface area contributed by atoms with Crippen LogP contribution in [-0.2, 0) is 16.2 Å². The van der Waals surface area contributed by atoms with Gasteiger partial charge < -0.3 is 4.90 Å². The van der Waals surface area contributed by atoms with Gasteiger partial charge in [0, 0.05) is 22.4 Å². The minimum absolute atomic E-state index is 0.0885. The highest BCUT2D eigenvalue weighted by molar-refractivity contribution is 5.95. The first kappa shape index (κ1) is 37.8. The first-order chi connectivity index (χ1) is 29.0. The summed E-state index contributed by atoms with van der Waals surface area (Å²) in [5.41, 5.74) is 21.7. The van der Waals surface area contributed by atoms with Gasteiger partial charge in [-0.1, -0.05) is 193 Å². The van der Waals surface area contributed by atoms with Gasteiger partial charge in [-0.2, -0.15) is 0 Å². The van der Waals surface area contributed by atoms with Crippen molar-refractivity contribution in [2.45, 2.75) is 70.6 Å². The molecule has 1 nitrogen and oxygen atoms in total. The summed E-state index contributed by atoms with van der Waals surface area (Å²) >= 11 is 0. The molecule has 8 aromatic carbocycles. The van der Waals surface area contributed by atoms with Crippen molar-refractivity contribution in [3.05, 3.63) is 210 Å². The van der Waals surface area contributed by atoms with Gasteiger partial charge in [0.2, 0.25) is 0 Å². The molecule has 2 aliphatic rings. The molecule has 0 atom stereocenters. The summed E-state index contributed by atoms with van der Waals surface area (Å²) in [6.07, 6.45) is 2.37. The molecule has 0 spiro atoms. The zero-order valence-electron chi connectivity index (χ0n) is 35.8. The molecule has 0 heterocycles. The van der Waals surface area contributed by atoms with Crippen LogP contribution in [0.15, 0.2) is 188 Å². The molecule has 0 aromatic heterocycles. The molecular weight excluding hydrogens is 723 g/mol. The second-order valence-corrected chi connectivity index (χ2v) is 18.8. The average Bonchev–Trinajstić information content (AvgIpc) is 3.51. The first-order valence-corrected chi connectivity index (χ1v) is 21.6. The summed E-state index contributed by atoms with van der Waals surface area (Å²) in [4.78, 5) is 2.50. The third-order valence-electron chi connectivity index (χ3n) is 13.8. The van der Waals surface area contributed by atoms with Gasteiger partial charge in [0.1, 0.15) is 0 Å². The van der Waals surface area contributed by atoms with E-state index in [4.69, 9.17) is 0 Å². The number of rotatable bonds is 7. The molecule has 0 aliphatic heterocycles. The predicted octanol–water partition coefficient (Wildman–Crippen LogP) is 16.5. The maximum atomic E-state index is 2.54. The Balaban J connectivity index is 1.20. The van der Waals surface area contributed by atoms with E-state index in [1.54, 1.807) is 0 Å². The van der Waals surface area contributed by atoms with Gasteiger partial charge in [0.25, 0.3) is 0 Å². The summed E-state index contributed by atoms with van der Waals surface area (Å²) in [6, 6.07) is 70.0. The molecule has 10 rings (SSSR count). The molecule has 2 aliphatic carbocycles. The second-order valence-electron chi connectivity index (χ2n) is 18.8. The first-order valence-electron chi connectivity index (χ1n) is 21.6. The van der Waals surface area contributed by atoms with Crippen LogP contribution in [0.3, 0.4) is 0 Å². The summed E-state index contributed by atoms with van der Waals surface area (Å²) in [7, 11) is 0. The summed E-state index contributed by atoms with van der Waals surface area (Å²) in [6.45, 7) is 14.5. The maximum Gasteiger partial charge on any atom is 0.0543 e. The Morgan fingerprint density at radius 1 is 0.317 bits per heavy atom. The molecule has 1 heteroatoms. The molecule has 0 unspecified atom stereocenters. The lowest BCUT2D eigenvalue weighted by Crippen LogP contribution is -2.33. The molecular formula is C59H53N. The highest BCUT2D eigenvalue weighted by Gasteiger charge is 2.39. The van der Waals surface area contributed by atoms with Gasteiger partial charge in [0.15, 0.2) is 0 Å². The Bertz CT molecular complexity index is 2860. The second kappa shape index (κ2) is 14.4. The van der Waals surface area contributed by atoms with Crippen LogP contribution in [0.2, 0.25) is 0 Å². The fraction of sp³-hybridized carbons (Fsp3) is 0.186. The number of nitrogens with zero attached hydrogens (tertiary/aromatic N) is 1. The van der Waals surface area contributed by atoms with E-state index < -0.39 is 0 Å². The van der Waals surface area contributed by atoms with Crippen molar-refractivity contribution in [3.8, 4) is 55.6 Å². The predicted molar refractivity (Wildman–Crippen MR) is 256 cm³/mol. The van der Waals surface area contributed by atoms with E-state index in [1.807, 2.05) is 0 Å². The largest absolute Gasteiger partial charge is 0.310 e. The minimum Gasteiger partial charge on any atom is -0.310 e. The normalized spacial score (nSPS) is 15.4. The lowest BCUT2D eigenvalue weighted by Gasteiger charge is -2.42. The van der Waals surface area contributed by atoms with E-state index in [0.29, 0.717) is 0 Å². The van der Waals surface area contributed by atoms with Crippen molar-refractivity contribution in [2.24, 2.45) is 0 Å². The van der Waals surface area contributed by atoms with Crippen molar-refractivity contribution in [3.63, 3.8) is 0 Å². The minimum atomic E-state index is -0.158. The average molecular weight is 776 g/mol. The van der Waals surface area contributed by atoms with Crippen molar-refractivity contribution >= 4 is 17.1 Å². The van der Waals surface area contributed by atoms with Crippen LogP contribution in [0, 0.1) is 0 Å². The number of anilines is 3. The van der Waals surface area contributed by atoms with E-state index >= 15 is 0 Å². The zero-order valence-corrected chi connectivity index (χ0v) is 35.8. The third kappa shape index (κ3) is 6.40. The van der Waals surface area contributed by atoms with Crippen LogP contribution in [0.5, 0.6) is 0 Å². The van der Waals surface area contributed by atoms with E-state index in [9.17, 15) is 0 Å². The van der Waals surface area contributed by atoms with Crippen molar-refractivity contribution in [1.29, 1.82) is 0 Å². The van der Waals surface area contributed by atoms with Crippen LogP contribution < -0.4 is 4.90 Å². The van der Waals surface area contributed by atoms with Gasteiger partial charge in [-0.15, -0.1) is 0 Å². The Morgan fingerprint density at radius 3 is 1.40 bits per heavy atom. The molecule has 0 N–H and O–H groups in total. The van der Waals surface area contributed by atoms with Gasteiger partial charge >= 0.3 is 0 Å². The van der Waals surface area contributed by atoms with E-state index in [2.05, 4.69) is 234 Å². The molecule has 0 bridgehead atoms. The molecule has 60 heavy (non-hydrogen) atoms. The molecule has 0 radical (unpaired) electrons. The molecule has 0 saturated carbocycles. The molecule has 294 valence electrons. The lowest BCUT2D eigenvalue weighted by molar-refractivity contribution is 0.332. The maximum absolute atomic E-state index is 2.54. The molecule has 0 saturated heterocycles. The Morgan fingerprint density at radius 2 is 0.783 bits per heavy atom. The fourth-order valence-corrected chi connectivity index (χ4v) is 10.2. The van der Waals surface area contributed by atoms with Crippen molar-refractivity contribution in [2.75, 3.05) is 4.90 Å². The van der Waals surface area contributed by atoms with Crippen LogP contribution in [0.1, 0.15) is 76.6 Å². The SMILES string of the molecule is CC1(C)CCC(C)(C)c2cc(-c3cc4c(cc3N(c3ccc(-c5ccccc5)cc3)c3ccc(-c5ccccc5-c5ccccc5)cc3)C(C)(C)c3ccccc3-4)ccc21. The molecule has 0 fully saturated rings. The number of hydrogen-bond acceptors (Lipinski definition) is 1. The van der Waals surface area contributed by atoms with E-state index in [1.165, 1.54) is 96.4 Å². The zero-order chi connectivity index (χ0) is 41.2. The van der Waals surface area contributed by atoms with E-state index in [0.717, 1.165) is 11.4 Å². The Labute approximate surface area is 357 Å². The van der Waals surface area contributed by atoms with Gasteiger partial charge in [-0.25, -0.2) is 0 Å². The fourth-order valence-electron chi connectivity index (χ4n) is 10.2. The smallest absolute Gasteiger partial charge is 0.0543 e. The summed E-state index contributed by atoms with van der Waals surface area (Å²) in [5, 5.41) is 0. The Hall–Kier alpha value is -6.44. The Kier molecular flexibility index (Phi) is 9.06. The van der Waals surface area contributed by atoms with Gasteiger partial charge in [-0.05, 0) is 132 Å². The van der Waals surface area contributed by atoms with Gasteiger partial charge in [0.05, 0.1) is 5.69 Å². The molecule has 8 aromatic rings. The third-order valence-corrected chi connectivity index (χ3v) is 13.8. The van der Waals surface area contributed by atoms with Crippen LogP contribution in [0.25, 0.3) is 55.6 Å². The highest BCUT2D eigenvalue weighted by Crippen LogP contribution is 2.55. The van der Waals surface area contributed by atoms with Crippen LogP contribution in [0.4, 0.5) is 17.1 Å². The summed E-state index contributed by atoms with van der Waals surface area (Å²) < 4.78 is 0. The standard InChI is InChI=1S/C59H53N/c1-57(2)35-36-58(3,4)55-37-44(29-34-53(55)57)50-38-51-49-23-15-16-24-52(49)59(5,6)54(51)39-56(50)60(45-30-25-41(26-31-45)40-17-9-7-10-18-40)46-32-27-43(28-33-46)48-22-14-13-21-47(48)42-19-11-8-12-20-42/h7-34,37-39H,35-36H2,1-6H3. The van der Waals surface area contributed by atoms with Gasteiger partial charge in [-0.3, -0.25) is 0 Å². The van der Waals surface area contributed by atoms with E-state index in [-0.39, 0.29) is 16.2 Å². The summed E-state index contributed by atoms with van der Waals surface area (Å²) in [5.74, 6) is 0. The molecule has 0 amide bonds. The highest BCUT2D eigenvalue weighted by atomic mass is 15.1. The number of fused-ring (bicyclic) bond motifs is 4. The number of benzene rings is 8. The number of hydrogen-bond donors (Lipinski definition) is 0. The topological polar surface area (TPSA) is 3.24 Å². The van der Waals surface area contributed by atoms with Crippen LogP contribution >= 0.6 is 0 Å². The van der Waals surface area contributed by atoms with Crippen LogP contribution in [-0.4, -0.2) is 0 Å². The monoisotopic (exact) mass is 775 g/mol.